The van der Waals surface area contributed by atoms with Crippen LogP contribution in [0.3, 0.4) is 0 Å². The normalized spacial score (nSPS) is 13.5. The zero-order valence-electron chi connectivity index (χ0n) is 17.6. The highest BCUT2D eigenvalue weighted by Gasteiger charge is 2.19. The number of phenols is 1. The standard InChI is InChI=1S/C27H29NO.ClH/c1-28(18-17-21-9-3-2-4-10-21)20-24-14-7-12-22-11-5-6-16-26(22)27(24)23-13-8-15-25(29)19-23;/h2-6,8-11,13,15-16,19,29H,7,12,14,17-18,20H2,1H3;1H. The summed E-state index contributed by atoms with van der Waals surface area (Å²) in [5.74, 6) is 0.327. The van der Waals surface area contributed by atoms with Gasteiger partial charge in [0.05, 0.1) is 0 Å². The maximum atomic E-state index is 10.1. The molecule has 0 saturated heterocycles. The number of rotatable bonds is 6. The van der Waals surface area contributed by atoms with Gasteiger partial charge in [-0.15, -0.1) is 12.4 Å². The Bertz CT molecular complexity index is 997. The molecule has 2 nitrogen and oxygen atoms in total. The van der Waals surface area contributed by atoms with E-state index in [1.807, 2.05) is 12.1 Å². The highest BCUT2D eigenvalue weighted by atomic mass is 35.5. The lowest BCUT2D eigenvalue weighted by Gasteiger charge is -2.22. The molecule has 0 amide bonds. The number of likely N-dealkylation sites (N-methyl/N-ethyl adjacent to an activating group) is 1. The van der Waals surface area contributed by atoms with Crippen molar-refractivity contribution < 1.29 is 5.11 Å². The first kappa shape index (κ1) is 22.1. The number of phenolic OH excluding ortho intramolecular Hbond substituents is 1. The van der Waals surface area contributed by atoms with Crippen LogP contribution < -0.4 is 0 Å². The number of benzene rings is 3. The van der Waals surface area contributed by atoms with E-state index in [-0.39, 0.29) is 12.4 Å². The quantitative estimate of drug-likeness (QED) is 0.519. The topological polar surface area (TPSA) is 23.5 Å². The molecule has 4 rings (SSSR count). The number of halogens is 1. The van der Waals surface area contributed by atoms with Crippen LogP contribution in [0.4, 0.5) is 0 Å². The third kappa shape index (κ3) is 5.33. The van der Waals surface area contributed by atoms with Gasteiger partial charge in [0.25, 0.3) is 0 Å². The van der Waals surface area contributed by atoms with Gasteiger partial charge in [0.2, 0.25) is 0 Å². The molecule has 0 unspecified atom stereocenters. The molecule has 0 fully saturated rings. The average Bonchev–Trinajstić information content (AvgIpc) is 2.92. The predicted octanol–water partition coefficient (Wildman–Crippen LogP) is 6.13. The van der Waals surface area contributed by atoms with E-state index in [4.69, 9.17) is 0 Å². The number of aromatic hydroxyl groups is 1. The SMILES string of the molecule is CN(CCc1ccccc1)CC1=C(c2cccc(O)c2)c2ccccc2CCC1.Cl. The summed E-state index contributed by atoms with van der Waals surface area (Å²) in [6.07, 6.45) is 4.43. The number of aryl methyl sites for hydroxylation is 1. The summed E-state index contributed by atoms with van der Waals surface area (Å²) in [7, 11) is 2.22. The molecule has 1 aliphatic rings. The fourth-order valence-corrected chi connectivity index (χ4v) is 4.34. The second-order valence-corrected chi connectivity index (χ2v) is 8.01. The van der Waals surface area contributed by atoms with Gasteiger partial charge in [0, 0.05) is 13.1 Å². The smallest absolute Gasteiger partial charge is 0.116 e. The first-order valence-corrected chi connectivity index (χ1v) is 10.5. The van der Waals surface area contributed by atoms with Crippen LogP contribution in [0, 0.1) is 0 Å². The second-order valence-electron chi connectivity index (χ2n) is 8.01. The maximum absolute atomic E-state index is 10.1. The molecule has 0 heterocycles. The maximum Gasteiger partial charge on any atom is 0.116 e. The molecule has 0 saturated carbocycles. The minimum atomic E-state index is 0. The van der Waals surface area contributed by atoms with Crippen LogP contribution in [0.15, 0.2) is 84.4 Å². The van der Waals surface area contributed by atoms with Crippen LogP contribution in [0.25, 0.3) is 5.57 Å². The molecule has 156 valence electrons. The summed E-state index contributed by atoms with van der Waals surface area (Å²) in [6, 6.07) is 27.2. The van der Waals surface area contributed by atoms with E-state index in [1.54, 1.807) is 6.07 Å². The third-order valence-corrected chi connectivity index (χ3v) is 5.79. The Kier molecular flexibility index (Phi) is 7.73. The summed E-state index contributed by atoms with van der Waals surface area (Å²) >= 11 is 0. The van der Waals surface area contributed by atoms with Gasteiger partial charge in [0.15, 0.2) is 0 Å². The minimum absolute atomic E-state index is 0. The molecule has 3 aromatic carbocycles. The first-order valence-electron chi connectivity index (χ1n) is 10.5. The molecule has 1 N–H and O–H groups in total. The number of fused-ring (bicyclic) bond motifs is 1. The second kappa shape index (κ2) is 10.5. The van der Waals surface area contributed by atoms with Crippen LogP contribution in [0.1, 0.15) is 35.1 Å². The van der Waals surface area contributed by atoms with E-state index in [0.29, 0.717) is 5.75 Å². The lowest BCUT2D eigenvalue weighted by Crippen LogP contribution is -2.24. The van der Waals surface area contributed by atoms with Crippen molar-refractivity contribution in [1.82, 2.24) is 4.90 Å². The number of hydrogen-bond donors (Lipinski definition) is 1. The zero-order valence-corrected chi connectivity index (χ0v) is 18.4. The van der Waals surface area contributed by atoms with Gasteiger partial charge in [-0.1, -0.05) is 66.7 Å². The summed E-state index contributed by atoms with van der Waals surface area (Å²) in [5.41, 5.74) is 8.00. The predicted molar refractivity (Wildman–Crippen MR) is 128 cm³/mol. The van der Waals surface area contributed by atoms with Crippen molar-refractivity contribution in [3.05, 3.63) is 107 Å². The highest BCUT2D eigenvalue weighted by Crippen LogP contribution is 2.36. The van der Waals surface area contributed by atoms with Crippen molar-refractivity contribution in [3.63, 3.8) is 0 Å². The van der Waals surface area contributed by atoms with E-state index in [9.17, 15) is 5.11 Å². The Morgan fingerprint density at radius 3 is 2.43 bits per heavy atom. The van der Waals surface area contributed by atoms with Gasteiger partial charge in [0.1, 0.15) is 5.75 Å². The van der Waals surface area contributed by atoms with Crippen LogP contribution >= 0.6 is 12.4 Å². The third-order valence-electron chi connectivity index (χ3n) is 5.79. The molecule has 0 radical (unpaired) electrons. The molecular weight excluding hydrogens is 390 g/mol. The lowest BCUT2D eigenvalue weighted by molar-refractivity contribution is 0.363. The van der Waals surface area contributed by atoms with E-state index in [2.05, 4.69) is 72.6 Å². The monoisotopic (exact) mass is 419 g/mol. The van der Waals surface area contributed by atoms with Crippen molar-refractivity contribution >= 4 is 18.0 Å². The number of hydrogen-bond acceptors (Lipinski definition) is 2. The van der Waals surface area contributed by atoms with Crippen LogP contribution in [-0.4, -0.2) is 30.1 Å². The molecule has 1 aliphatic carbocycles. The molecular formula is C27H30ClNO. The van der Waals surface area contributed by atoms with E-state index in [0.717, 1.165) is 37.9 Å². The van der Waals surface area contributed by atoms with Gasteiger partial charge >= 0.3 is 0 Å². The summed E-state index contributed by atoms with van der Waals surface area (Å²) in [4.78, 5) is 2.43. The fraction of sp³-hybridized carbons (Fsp3) is 0.259. The van der Waals surface area contributed by atoms with Crippen LogP contribution in [0.2, 0.25) is 0 Å². The fourth-order valence-electron chi connectivity index (χ4n) is 4.34. The molecule has 30 heavy (non-hydrogen) atoms. The number of nitrogens with zero attached hydrogens (tertiary/aromatic N) is 1. The molecule has 3 aromatic rings. The molecule has 0 aromatic heterocycles. The van der Waals surface area contributed by atoms with Crippen molar-refractivity contribution in [2.24, 2.45) is 0 Å². The molecule has 0 bridgehead atoms. The van der Waals surface area contributed by atoms with Gasteiger partial charge in [-0.2, -0.15) is 0 Å². The van der Waals surface area contributed by atoms with Crippen molar-refractivity contribution in [2.75, 3.05) is 20.1 Å². The first-order chi connectivity index (χ1) is 14.2. The van der Waals surface area contributed by atoms with Gasteiger partial charge in [-0.05, 0) is 78.3 Å². The van der Waals surface area contributed by atoms with Gasteiger partial charge < -0.3 is 10.0 Å². The molecule has 0 aliphatic heterocycles. The van der Waals surface area contributed by atoms with E-state index >= 15 is 0 Å². The summed E-state index contributed by atoms with van der Waals surface area (Å²) < 4.78 is 0. The van der Waals surface area contributed by atoms with Gasteiger partial charge in [-0.3, -0.25) is 0 Å². The highest BCUT2D eigenvalue weighted by molar-refractivity contribution is 5.85. The Balaban J connectivity index is 0.00000256. The lowest BCUT2D eigenvalue weighted by atomic mass is 9.90. The average molecular weight is 420 g/mol. The Morgan fingerprint density at radius 1 is 0.867 bits per heavy atom. The van der Waals surface area contributed by atoms with E-state index < -0.39 is 0 Å². The van der Waals surface area contributed by atoms with Crippen molar-refractivity contribution in [3.8, 4) is 5.75 Å². The Hall–Kier alpha value is -2.55. The molecule has 3 heteroatoms. The Labute approximate surface area is 186 Å². The largest absolute Gasteiger partial charge is 0.508 e. The van der Waals surface area contributed by atoms with Gasteiger partial charge in [-0.25, -0.2) is 0 Å². The molecule has 0 spiro atoms. The summed E-state index contributed by atoms with van der Waals surface area (Å²) in [6.45, 7) is 1.98. The van der Waals surface area contributed by atoms with E-state index in [1.165, 1.54) is 34.3 Å². The zero-order chi connectivity index (χ0) is 20.1. The molecule has 0 atom stereocenters. The van der Waals surface area contributed by atoms with Crippen LogP contribution in [-0.2, 0) is 12.8 Å². The summed E-state index contributed by atoms with van der Waals surface area (Å²) in [5, 5.41) is 10.1. The van der Waals surface area contributed by atoms with Crippen LogP contribution in [0.5, 0.6) is 5.75 Å². The minimum Gasteiger partial charge on any atom is -0.508 e. The Morgan fingerprint density at radius 2 is 1.63 bits per heavy atom. The van der Waals surface area contributed by atoms with Crippen molar-refractivity contribution in [1.29, 1.82) is 0 Å². The van der Waals surface area contributed by atoms with Crippen molar-refractivity contribution in [2.45, 2.75) is 25.7 Å².